The van der Waals surface area contributed by atoms with Crippen molar-refractivity contribution < 1.29 is 19.1 Å². The second-order valence-electron chi connectivity index (χ2n) is 4.57. The van der Waals surface area contributed by atoms with Crippen LogP contribution >= 0.6 is 0 Å². The average Bonchev–Trinajstić information content (AvgIpc) is 2.72. The van der Waals surface area contributed by atoms with Crippen LogP contribution in [0.2, 0.25) is 0 Å². The van der Waals surface area contributed by atoms with E-state index in [1.54, 1.807) is 0 Å². The average molecular weight is 275 g/mol. The van der Waals surface area contributed by atoms with E-state index in [1.807, 2.05) is 42.8 Å². The van der Waals surface area contributed by atoms with Gasteiger partial charge in [0, 0.05) is 23.6 Å². The zero-order chi connectivity index (χ0) is 14.9. The first kappa shape index (κ1) is 14.1. The summed E-state index contributed by atoms with van der Waals surface area (Å²) in [4.78, 5) is 23.9. The summed E-state index contributed by atoms with van der Waals surface area (Å²) in [6, 6.07) is 7.73. The van der Waals surface area contributed by atoms with E-state index in [0.29, 0.717) is 5.69 Å². The van der Waals surface area contributed by atoms with Gasteiger partial charge in [-0.25, -0.2) is 0 Å². The van der Waals surface area contributed by atoms with E-state index < -0.39 is 17.9 Å². The molecular formula is C15H17NO4. The van der Waals surface area contributed by atoms with Crippen LogP contribution in [0.15, 0.2) is 24.3 Å². The lowest BCUT2D eigenvalue weighted by Crippen LogP contribution is -2.26. The zero-order valence-electron chi connectivity index (χ0n) is 12.0. The van der Waals surface area contributed by atoms with Gasteiger partial charge in [-0.3, -0.25) is 9.59 Å². The largest absolute Gasteiger partial charge is 0.468 e. The molecule has 0 spiro atoms. The van der Waals surface area contributed by atoms with Gasteiger partial charge in [-0.05, 0) is 18.6 Å². The molecule has 0 bridgehead atoms. The standard InChI is InChI=1S/C15H17NO4/c1-9-10-7-5-6-8-11(10)16(2)13(9)12(14(17)19-3)15(18)20-4/h5-8,12H,1-4H3. The number of nitrogens with zero attached hydrogens (tertiary/aromatic N) is 1. The van der Waals surface area contributed by atoms with Crippen LogP contribution in [0.25, 0.3) is 10.9 Å². The fraction of sp³-hybridized carbons (Fsp3) is 0.333. The highest BCUT2D eigenvalue weighted by Gasteiger charge is 2.35. The summed E-state index contributed by atoms with van der Waals surface area (Å²) in [6.07, 6.45) is 0. The van der Waals surface area contributed by atoms with Gasteiger partial charge in [0.25, 0.3) is 0 Å². The van der Waals surface area contributed by atoms with Gasteiger partial charge in [0.15, 0.2) is 5.92 Å². The summed E-state index contributed by atoms with van der Waals surface area (Å²) in [5, 5.41) is 1.00. The summed E-state index contributed by atoms with van der Waals surface area (Å²) < 4.78 is 11.3. The van der Waals surface area contributed by atoms with Gasteiger partial charge >= 0.3 is 11.9 Å². The molecule has 0 radical (unpaired) electrons. The molecule has 106 valence electrons. The molecule has 0 amide bonds. The van der Waals surface area contributed by atoms with E-state index in [0.717, 1.165) is 16.5 Å². The van der Waals surface area contributed by atoms with E-state index in [1.165, 1.54) is 14.2 Å². The van der Waals surface area contributed by atoms with Crippen molar-refractivity contribution >= 4 is 22.8 Å². The van der Waals surface area contributed by atoms with Gasteiger partial charge in [0.05, 0.1) is 14.2 Å². The van der Waals surface area contributed by atoms with Gasteiger partial charge in [-0.2, -0.15) is 0 Å². The van der Waals surface area contributed by atoms with Crippen molar-refractivity contribution in [3.63, 3.8) is 0 Å². The Hall–Kier alpha value is -2.30. The lowest BCUT2D eigenvalue weighted by molar-refractivity contribution is -0.154. The number of carbonyl (C=O) groups is 2. The maximum atomic E-state index is 12.0. The summed E-state index contributed by atoms with van der Waals surface area (Å²) in [7, 11) is 4.34. The number of aryl methyl sites for hydroxylation is 2. The number of rotatable bonds is 3. The predicted molar refractivity (Wildman–Crippen MR) is 74.4 cm³/mol. The second kappa shape index (κ2) is 5.36. The van der Waals surface area contributed by atoms with Crippen LogP contribution in [-0.4, -0.2) is 30.7 Å². The Morgan fingerprint density at radius 1 is 1.10 bits per heavy atom. The molecule has 0 aliphatic carbocycles. The molecule has 2 rings (SSSR count). The maximum absolute atomic E-state index is 12.0. The fourth-order valence-corrected chi connectivity index (χ4v) is 2.57. The van der Waals surface area contributed by atoms with Gasteiger partial charge in [0.2, 0.25) is 0 Å². The third-order valence-electron chi connectivity index (χ3n) is 3.56. The van der Waals surface area contributed by atoms with Gasteiger partial charge < -0.3 is 14.0 Å². The normalized spacial score (nSPS) is 10.8. The van der Waals surface area contributed by atoms with Crippen molar-refractivity contribution in [2.75, 3.05) is 14.2 Å². The first-order chi connectivity index (χ1) is 9.52. The zero-order valence-corrected chi connectivity index (χ0v) is 12.0. The lowest BCUT2D eigenvalue weighted by Gasteiger charge is -2.15. The molecule has 20 heavy (non-hydrogen) atoms. The van der Waals surface area contributed by atoms with Crippen LogP contribution in [0, 0.1) is 6.92 Å². The molecule has 0 aliphatic heterocycles. The Morgan fingerprint density at radius 3 is 2.15 bits per heavy atom. The Kier molecular flexibility index (Phi) is 3.79. The molecule has 0 saturated carbocycles. The minimum atomic E-state index is -1.07. The number of benzene rings is 1. The van der Waals surface area contributed by atoms with E-state index in [9.17, 15) is 9.59 Å². The monoisotopic (exact) mass is 275 g/mol. The third kappa shape index (κ3) is 2.05. The molecule has 0 saturated heterocycles. The number of ether oxygens (including phenoxy) is 2. The number of carbonyl (C=O) groups excluding carboxylic acids is 2. The Morgan fingerprint density at radius 2 is 1.65 bits per heavy atom. The number of aromatic nitrogens is 1. The van der Waals surface area contributed by atoms with Crippen LogP contribution in [-0.2, 0) is 26.1 Å². The molecule has 1 aromatic heterocycles. The molecule has 0 unspecified atom stereocenters. The predicted octanol–water partition coefficient (Wildman–Crippen LogP) is 1.92. The molecule has 5 nitrogen and oxygen atoms in total. The number of fused-ring (bicyclic) bond motifs is 1. The van der Waals surface area contributed by atoms with Crippen molar-refractivity contribution in [3.05, 3.63) is 35.5 Å². The molecule has 2 aromatic rings. The van der Waals surface area contributed by atoms with Gasteiger partial charge in [0.1, 0.15) is 0 Å². The van der Waals surface area contributed by atoms with E-state index >= 15 is 0 Å². The summed E-state index contributed by atoms with van der Waals surface area (Å²) >= 11 is 0. The van der Waals surface area contributed by atoms with E-state index in [4.69, 9.17) is 9.47 Å². The number of esters is 2. The van der Waals surface area contributed by atoms with Crippen LogP contribution in [0.1, 0.15) is 17.2 Å². The smallest absolute Gasteiger partial charge is 0.326 e. The SMILES string of the molecule is COC(=O)C(C(=O)OC)c1c(C)c2ccccc2n1C. The highest BCUT2D eigenvalue weighted by Crippen LogP contribution is 2.31. The summed E-state index contributed by atoms with van der Waals surface area (Å²) in [6.45, 7) is 1.89. The highest BCUT2D eigenvalue weighted by atomic mass is 16.5. The van der Waals surface area contributed by atoms with E-state index in [2.05, 4.69) is 0 Å². The van der Waals surface area contributed by atoms with Crippen molar-refractivity contribution in [2.45, 2.75) is 12.8 Å². The van der Waals surface area contributed by atoms with Crippen molar-refractivity contribution in [1.82, 2.24) is 4.57 Å². The third-order valence-corrected chi connectivity index (χ3v) is 3.56. The van der Waals surface area contributed by atoms with Crippen molar-refractivity contribution in [2.24, 2.45) is 7.05 Å². The Balaban J connectivity index is 2.71. The summed E-state index contributed by atoms with van der Waals surface area (Å²) in [5.41, 5.74) is 2.44. The molecule has 0 N–H and O–H groups in total. The highest BCUT2D eigenvalue weighted by molar-refractivity contribution is 6.02. The Labute approximate surface area is 117 Å². The number of para-hydroxylation sites is 1. The molecule has 5 heteroatoms. The number of hydrogen-bond acceptors (Lipinski definition) is 4. The fourth-order valence-electron chi connectivity index (χ4n) is 2.57. The molecule has 1 heterocycles. The molecule has 1 aromatic carbocycles. The van der Waals surface area contributed by atoms with Crippen molar-refractivity contribution in [3.8, 4) is 0 Å². The van der Waals surface area contributed by atoms with Crippen LogP contribution < -0.4 is 0 Å². The quantitative estimate of drug-likeness (QED) is 0.634. The van der Waals surface area contributed by atoms with Crippen molar-refractivity contribution in [1.29, 1.82) is 0 Å². The van der Waals surface area contributed by atoms with E-state index in [-0.39, 0.29) is 0 Å². The first-order valence-corrected chi connectivity index (χ1v) is 6.22. The minimum Gasteiger partial charge on any atom is -0.468 e. The molecular weight excluding hydrogens is 258 g/mol. The van der Waals surface area contributed by atoms with Crippen LogP contribution in [0.3, 0.4) is 0 Å². The number of hydrogen-bond donors (Lipinski definition) is 0. The lowest BCUT2D eigenvalue weighted by atomic mass is 10.0. The second-order valence-corrected chi connectivity index (χ2v) is 4.57. The first-order valence-electron chi connectivity index (χ1n) is 6.22. The topological polar surface area (TPSA) is 57.5 Å². The Bertz CT molecular complexity index is 617. The van der Waals surface area contributed by atoms with Crippen LogP contribution in [0.5, 0.6) is 0 Å². The molecule has 0 atom stereocenters. The van der Waals surface area contributed by atoms with Gasteiger partial charge in [-0.15, -0.1) is 0 Å². The maximum Gasteiger partial charge on any atom is 0.326 e. The summed E-state index contributed by atoms with van der Waals surface area (Å²) in [5.74, 6) is -2.31. The minimum absolute atomic E-state index is 0.602. The van der Waals surface area contributed by atoms with Gasteiger partial charge in [-0.1, -0.05) is 18.2 Å². The van der Waals surface area contributed by atoms with Crippen LogP contribution in [0.4, 0.5) is 0 Å². The molecule has 0 aliphatic rings. The molecule has 0 fully saturated rings. The number of methoxy groups -OCH3 is 2.